The lowest BCUT2D eigenvalue weighted by atomic mass is 10.1. The number of hydrogen-bond donors (Lipinski definition) is 1. The Hall–Kier alpha value is -1.62. The van der Waals surface area contributed by atoms with E-state index in [4.69, 9.17) is 0 Å². The Labute approximate surface area is 143 Å². The van der Waals surface area contributed by atoms with Crippen LogP contribution in [0.2, 0.25) is 0 Å². The second kappa shape index (κ2) is 6.03. The lowest BCUT2D eigenvalue weighted by molar-refractivity contribution is -0.128. The molecule has 0 spiro atoms. The van der Waals surface area contributed by atoms with Gasteiger partial charge in [-0.25, -0.2) is 8.42 Å². The van der Waals surface area contributed by atoms with E-state index in [1.165, 1.54) is 4.31 Å². The predicted molar refractivity (Wildman–Crippen MR) is 89.2 cm³/mol. The van der Waals surface area contributed by atoms with Crippen LogP contribution in [0.5, 0.6) is 0 Å². The van der Waals surface area contributed by atoms with Crippen molar-refractivity contribution in [2.45, 2.75) is 17.4 Å². The Morgan fingerprint density at radius 3 is 2.92 bits per heavy atom. The van der Waals surface area contributed by atoms with E-state index in [1.807, 2.05) is 0 Å². The number of hydrogen-bond acceptors (Lipinski definition) is 7. The molecule has 2 fully saturated rings. The number of amides is 1. The van der Waals surface area contributed by atoms with E-state index in [0.717, 1.165) is 18.3 Å². The Morgan fingerprint density at radius 2 is 2.04 bits per heavy atom. The Balaban J connectivity index is 1.65. The van der Waals surface area contributed by atoms with Gasteiger partial charge in [0, 0.05) is 32.7 Å². The van der Waals surface area contributed by atoms with Gasteiger partial charge in [-0.1, -0.05) is 6.07 Å². The summed E-state index contributed by atoms with van der Waals surface area (Å²) in [5.74, 6) is -0.00805. The van der Waals surface area contributed by atoms with Crippen molar-refractivity contribution >= 4 is 38.7 Å². The van der Waals surface area contributed by atoms with Crippen molar-refractivity contribution in [1.82, 2.24) is 23.3 Å². The van der Waals surface area contributed by atoms with Crippen LogP contribution in [0.1, 0.15) is 6.42 Å². The number of sulfonamides is 1. The van der Waals surface area contributed by atoms with E-state index >= 15 is 0 Å². The van der Waals surface area contributed by atoms with Crippen LogP contribution in [0.15, 0.2) is 23.1 Å². The van der Waals surface area contributed by atoms with Gasteiger partial charge < -0.3 is 5.32 Å². The van der Waals surface area contributed by atoms with E-state index in [0.29, 0.717) is 43.6 Å². The standard InChI is InChI=1S/C14H17N5O3S2/c20-14-11-4-6-19(9-8-18(11)7-5-15-14)24(21,22)12-3-1-2-10-13(12)17-23-16-10/h1-3,11H,4-9H2,(H,15,20)/t11-/m0/s1. The van der Waals surface area contributed by atoms with Crippen LogP contribution in [-0.2, 0) is 14.8 Å². The number of carbonyl (C=O) groups is 1. The minimum atomic E-state index is -3.66. The predicted octanol–water partition coefficient (Wildman–Crippen LogP) is -0.114. The van der Waals surface area contributed by atoms with Crippen LogP contribution in [0, 0.1) is 0 Å². The molecule has 10 heteroatoms. The molecule has 2 aliphatic rings. The fourth-order valence-corrected chi connectivity index (χ4v) is 5.53. The summed E-state index contributed by atoms with van der Waals surface area (Å²) in [5, 5.41) is 2.85. The Bertz CT molecular complexity index is 881. The van der Waals surface area contributed by atoms with Crippen molar-refractivity contribution in [2.24, 2.45) is 0 Å². The van der Waals surface area contributed by atoms with E-state index in [-0.39, 0.29) is 16.8 Å². The maximum atomic E-state index is 13.1. The first-order valence-corrected chi connectivity index (χ1v) is 9.97. The molecule has 128 valence electrons. The highest BCUT2D eigenvalue weighted by Crippen LogP contribution is 2.26. The van der Waals surface area contributed by atoms with Crippen LogP contribution in [-0.4, -0.2) is 71.0 Å². The van der Waals surface area contributed by atoms with Gasteiger partial charge in [0.05, 0.1) is 17.8 Å². The molecule has 0 saturated carbocycles. The minimum absolute atomic E-state index is 0.00805. The van der Waals surface area contributed by atoms with Gasteiger partial charge in [-0.3, -0.25) is 9.69 Å². The molecule has 1 aromatic carbocycles. The molecule has 24 heavy (non-hydrogen) atoms. The number of aromatic nitrogens is 2. The van der Waals surface area contributed by atoms with Crippen molar-refractivity contribution in [3.63, 3.8) is 0 Å². The average Bonchev–Trinajstić information content (AvgIpc) is 2.93. The molecule has 2 aliphatic heterocycles. The third-order valence-electron chi connectivity index (χ3n) is 4.60. The quantitative estimate of drug-likeness (QED) is 0.796. The summed E-state index contributed by atoms with van der Waals surface area (Å²) >= 11 is 1.01. The summed E-state index contributed by atoms with van der Waals surface area (Å²) in [4.78, 5) is 14.3. The summed E-state index contributed by atoms with van der Waals surface area (Å²) in [6.45, 7) is 2.63. The number of rotatable bonds is 2. The fourth-order valence-electron chi connectivity index (χ4n) is 3.33. The molecule has 1 N–H and O–H groups in total. The highest BCUT2D eigenvalue weighted by molar-refractivity contribution is 7.89. The zero-order valence-electron chi connectivity index (χ0n) is 12.9. The van der Waals surface area contributed by atoms with Gasteiger partial charge in [-0.15, -0.1) is 0 Å². The monoisotopic (exact) mass is 367 g/mol. The van der Waals surface area contributed by atoms with Crippen molar-refractivity contribution in [3.8, 4) is 0 Å². The van der Waals surface area contributed by atoms with Crippen LogP contribution < -0.4 is 5.32 Å². The summed E-state index contributed by atoms with van der Waals surface area (Å²) in [7, 11) is -3.66. The minimum Gasteiger partial charge on any atom is -0.353 e. The van der Waals surface area contributed by atoms with E-state index in [1.54, 1.807) is 18.2 Å². The lowest BCUT2D eigenvalue weighted by Gasteiger charge is -2.32. The summed E-state index contributed by atoms with van der Waals surface area (Å²) in [6.07, 6.45) is 0.496. The fraction of sp³-hybridized carbons (Fsp3) is 0.500. The lowest BCUT2D eigenvalue weighted by Crippen LogP contribution is -2.55. The van der Waals surface area contributed by atoms with Crippen molar-refractivity contribution in [1.29, 1.82) is 0 Å². The zero-order chi connectivity index (χ0) is 16.7. The average molecular weight is 367 g/mol. The van der Waals surface area contributed by atoms with Gasteiger partial charge >= 0.3 is 0 Å². The molecule has 1 atom stereocenters. The molecule has 4 rings (SSSR count). The molecule has 2 aromatic rings. The number of piperazine rings is 1. The maximum absolute atomic E-state index is 13.1. The Kier molecular flexibility index (Phi) is 3.99. The van der Waals surface area contributed by atoms with Crippen LogP contribution in [0.25, 0.3) is 11.0 Å². The molecular formula is C14H17N5O3S2. The molecule has 0 radical (unpaired) electrons. The number of nitrogens with one attached hydrogen (secondary N) is 1. The highest BCUT2D eigenvalue weighted by Gasteiger charge is 2.36. The zero-order valence-corrected chi connectivity index (χ0v) is 14.5. The first kappa shape index (κ1) is 15.9. The van der Waals surface area contributed by atoms with E-state index < -0.39 is 10.0 Å². The van der Waals surface area contributed by atoms with Gasteiger partial charge in [0.25, 0.3) is 0 Å². The van der Waals surface area contributed by atoms with Gasteiger partial charge in [0.1, 0.15) is 15.9 Å². The van der Waals surface area contributed by atoms with Crippen molar-refractivity contribution in [2.75, 3.05) is 32.7 Å². The molecule has 0 bridgehead atoms. The number of fused-ring (bicyclic) bond motifs is 2. The molecule has 1 aromatic heterocycles. The third kappa shape index (κ3) is 2.59. The molecule has 0 unspecified atom stereocenters. The van der Waals surface area contributed by atoms with Crippen molar-refractivity contribution < 1.29 is 13.2 Å². The molecule has 0 aliphatic carbocycles. The first-order valence-electron chi connectivity index (χ1n) is 7.80. The summed E-state index contributed by atoms with van der Waals surface area (Å²) in [6, 6.07) is 4.77. The van der Waals surface area contributed by atoms with Crippen LogP contribution in [0.3, 0.4) is 0 Å². The molecule has 8 nitrogen and oxygen atoms in total. The normalized spacial score (nSPS) is 23.7. The largest absolute Gasteiger partial charge is 0.353 e. The number of benzene rings is 1. The second-order valence-corrected chi connectivity index (χ2v) is 8.36. The van der Waals surface area contributed by atoms with Gasteiger partial charge in [0.2, 0.25) is 15.9 Å². The maximum Gasteiger partial charge on any atom is 0.245 e. The van der Waals surface area contributed by atoms with Gasteiger partial charge in [-0.05, 0) is 18.6 Å². The summed E-state index contributed by atoms with van der Waals surface area (Å²) < 4.78 is 35.9. The van der Waals surface area contributed by atoms with Crippen LogP contribution in [0.4, 0.5) is 0 Å². The number of carbonyl (C=O) groups excluding carboxylic acids is 1. The molecular weight excluding hydrogens is 350 g/mol. The van der Waals surface area contributed by atoms with Gasteiger partial charge in [-0.2, -0.15) is 13.1 Å². The van der Waals surface area contributed by atoms with Gasteiger partial charge in [0.15, 0.2) is 0 Å². The number of nitrogens with zero attached hydrogens (tertiary/aromatic N) is 4. The Morgan fingerprint density at radius 1 is 1.17 bits per heavy atom. The van der Waals surface area contributed by atoms with Crippen LogP contribution >= 0.6 is 11.7 Å². The highest BCUT2D eigenvalue weighted by atomic mass is 32.2. The smallest absolute Gasteiger partial charge is 0.245 e. The third-order valence-corrected chi connectivity index (χ3v) is 7.07. The topological polar surface area (TPSA) is 95.5 Å². The second-order valence-electron chi connectivity index (χ2n) is 5.92. The first-order chi connectivity index (χ1) is 11.6. The molecule has 3 heterocycles. The van der Waals surface area contributed by atoms with Crippen molar-refractivity contribution in [3.05, 3.63) is 18.2 Å². The van der Waals surface area contributed by atoms with E-state index in [2.05, 4.69) is 19.0 Å². The summed E-state index contributed by atoms with van der Waals surface area (Å²) in [5.41, 5.74) is 1.01. The van der Waals surface area contributed by atoms with E-state index in [9.17, 15) is 13.2 Å². The molecule has 1 amide bonds. The SMILES string of the molecule is O=C1NCCN2CCN(S(=O)(=O)c3cccc4nsnc34)CC[C@@H]12. The molecule has 2 saturated heterocycles.